The Bertz CT molecular complexity index is 449. The molecule has 0 amide bonds. The monoisotopic (exact) mass is 271 g/mol. The second-order valence-electron chi connectivity index (χ2n) is 7.31. The first-order valence-corrected chi connectivity index (χ1v) is 8.54. The smallest absolute Gasteiger partial charge is 0.00176 e. The zero-order valence-corrected chi connectivity index (χ0v) is 13.1. The molecule has 2 aliphatic carbocycles. The van der Waals surface area contributed by atoms with Crippen molar-refractivity contribution < 1.29 is 0 Å². The van der Waals surface area contributed by atoms with E-state index in [9.17, 15) is 0 Å². The average molecular weight is 271 g/mol. The molecule has 0 aromatic heterocycles. The van der Waals surface area contributed by atoms with Gasteiger partial charge >= 0.3 is 0 Å². The molecule has 1 fully saturated rings. The largest absolute Gasteiger partial charge is 0.316 e. The number of nitrogens with one attached hydrogen (secondary N) is 1. The Labute approximate surface area is 124 Å². The molecule has 0 aliphatic heterocycles. The summed E-state index contributed by atoms with van der Waals surface area (Å²) in [6.45, 7) is 6.97. The molecule has 1 saturated carbocycles. The summed E-state index contributed by atoms with van der Waals surface area (Å²) in [5.41, 5.74) is 4.83. The van der Waals surface area contributed by atoms with E-state index in [-0.39, 0.29) is 0 Å². The van der Waals surface area contributed by atoms with Crippen LogP contribution < -0.4 is 5.32 Å². The van der Waals surface area contributed by atoms with Crippen LogP contribution in [0.5, 0.6) is 0 Å². The lowest BCUT2D eigenvalue weighted by Crippen LogP contribution is -2.37. The van der Waals surface area contributed by atoms with Gasteiger partial charge in [-0.25, -0.2) is 0 Å². The third-order valence-electron chi connectivity index (χ3n) is 5.19. The van der Waals surface area contributed by atoms with Crippen molar-refractivity contribution in [2.75, 3.05) is 13.1 Å². The van der Waals surface area contributed by atoms with Crippen LogP contribution >= 0.6 is 0 Å². The Morgan fingerprint density at radius 1 is 1.10 bits per heavy atom. The molecule has 110 valence electrons. The van der Waals surface area contributed by atoms with Crippen LogP contribution in [0.2, 0.25) is 0 Å². The second-order valence-corrected chi connectivity index (χ2v) is 7.31. The highest BCUT2D eigenvalue weighted by molar-refractivity contribution is 5.35. The number of benzene rings is 1. The van der Waals surface area contributed by atoms with Gasteiger partial charge in [-0.05, 0) is 86.1 Å². The summed E-state index contributed by atoms with van der Waals surface area (Å²) in [5.74, 6) is 2.61. The SMILES string of the molecule is CC(C)CNCC1CCC1Cc1ccc2c(c1)CCC2. The van der Waals surface area contributed by atoms with E-state index >= 15 is 0 Å². The fourth-order valence-corrected chi connectivity index (χ4v) is 3.79. The minimum atomic E-state index is 0.769. The molecule has 0 saturated heterocycles. The first-order chi connectivity index (χ1) is 9.72. The molecule has 0 bridgehead atoms. The van der Waals surface area contributed by atoms with Crippen molar-refractivity contribution in [3.63, 3.8) is 0 Å². The van der Waals surface area contributed by atoms with Gasteiger partial charge in [0.15, 0.2) is 0 Å². The van der Waals surface area contributed by atoms with Crippen LogP contribution in [0.15, 0.2) is 18.2 Å². The number of rotatable bonds is 6. The van der Waals surface area contributed by atoms with Crippen LogP contribution in [0.25, 0.3) is 0 Å². The number of fused-ring (bicyclic) bond motifs is 1. The van der Waals surface area contributed by atoms with Crippen molar-refractivity contribution in [3.8, 4) is 0 Å². The van der Waals surface area contributed by atoms with Gasteiger partial charge in [0.25, 0.3) is 0 Å². The van der Waals surface area contributed by atoms with Crippen molar-refractivity contribution in [3.05, 3.63) is 34.9 Å². The van der Waals surface area contributed by atoms with Crippen molar-refractivity contribution in [1.29, 1.82) is 0 Å². The van der Waals surface area contributed by atoms with Gasteiger partial charge in [0.1, 0.15) is 0 Å². The van der Waals surface area contributed by atoms with Crippen molar-refractivity contribution in [1.82, 2.24) is 5.32 Å². The maximum atomic E-state index is 3.64. The van der Waals surface area contributed by atoms with Gasteiger partial charge in [0.2, 0.25) is 0 Å². The van der Waals surface area contributed by atoms with Crippen molar-refractivity contribution in [2.45, 2.75) is 52.4 Å². The van der Waals surface area contributed by atoms with Crippen LogP contribution in [0, 0.1) is 17.8 Å². The topological polar surface area (TPSA) is 12.0 Å². The Kier molecular flexibility index (Phi) is 4.45. The number of hydrogen-bond donors (Lipinski definition) is 1. The quantitative estimate of drug-likeness (QED) is 0.825. The fourth-order valence-electron chi connectivity index (χ4n) is 3.79. The third kappa shape index (κ3) is 3.25. The lowest BCUT2D eigenvalue weighted by atomic mass is 9.70. The van der Waals surface area contributed by atoms with Gasteiger partial charge in [0.05, 0.1) is 0 Å². The zero-order valence-electron chi connectivity index (χ0n) is 13.1. The summed E-state index contributed by atoms with van der Waals surface area (Å²) < 4.78 is 0. The number of aryl methyl sites for hydroxylation is 2. The summed E-state index contributed by atoms with van der Waals surface area (Å²) in [4.78, 5) is 0. The molecule has 20 heavy (non-hydrogen) atoms. The molecule has 1 N–H and O–H groups in total. The van der Waals surface area contributed by atoms with Gasteiger partial charge in [-0.1, -0.05) is 32.0 Å². The van der Waals surface area contributed by atoms with Crippen LogP contribution in [0.4, 0.5) is 0 Å². The summed E-state index contributed by atoms with van der Waals surface area (Å²) in [7, 11) is 0. The fraction of sp³-hybridized carbons (Fsp3) is 0.684. The van der Waals surface area contributed by atoms with Gasteiger partial charge in [0, 0.05) is 0 Å². The van der Waals surface area contributed by atoms with Crippen molar-refractivity contribution in [2.24, 2.45) is 17.8 Å². The molecule has 3 rings (SSSR count). The summed E-state index contributed by atoms with van der Waals surface area (Å²) >= 11 is 0. The molecular formula is C19H29N. The molecule has 1 aromatic rings. The van der Waals surface area contributed by atoms with E-state index in [4.69, 9.17) is 0 Å². The summed E-state index contributed by atoms with van der Waals surface area (Å²) in [6.07, 6.45) is 8.16. The molecule has 1 nitrogen and oxygen atoms in total. The predicted molar refractivity (Wildman–Crippen MR) is 86.1 cm³/mol. The van der Waals surface area contributed by atoms with E-state index in [1.807, 2.05) is 0 Å². The van der Waals surface area contributed by atoms with Crippen LogP contribution in [-0.4, -0.2) is 13.1 Å². The zero-order chi connectivity index (χ0) is 13.9. The molecule has 0 spiro atoms. The normalized spacial score (nSPS) is 24.8. The van der Waals surface area contributed by atoms with Gasteiger partial charge in [-0.2, -0.15) is 0 Å². The molecule has 2 atom stereocenters. The maximum absolute atomic E-state index is 3.64. The average Bonchev–Trinajstić information content (AvgIpc) is 2.87. The van der Waals surface area contributed by atoms with Gasteiger partial charge in [-0.15, -0.1) is 0 Å². The maximum Gasteiger partial charge on any atom is -0.00176 e. The van der Waals surface area contributed by atoms with Crippen molar-refractivity contribution >= 4 is 0 Å². The highest BCUT2D eigenvalue weighted by atomic mass is 14.9. The summed E-state index contributed by atoms with van der Waals surface area (Å²) in [6, 6.07) is 7.28. The number of hydrogen-bond acceptors (Lipinski definition) is 1. The van der Waals surface area contributed by atoms with E-state index in [0.29, 0.717) is 0 Å². The van der Waals surface area contributed by atoms with E-state index in [1.54, 1.807) is 16.7 Å². The van der Waals surface area contributed by atoms with Crippen LogP contribution in [0.1, 0.15) is 49.8 Å². The molecular weight excluding hydrogens is 242 g/mol. The molecule has 2 unspecified atom stereocenters. The molecule has 2 aliphatic rings. The van der Waals surface area contributed by atoms with Gasteiger partial charge in [-0.3, -0.25) is 0 Å². The first-order valence-electron chi connectivity index (χ1n) is 8.54. The first kappa shape index (κ1) is 14.1. The molecule has 0 radical (unpaired) electrons. The van der Waals surface area contributed by atoms with E-state index < -0.39 is 0 Å². The molecule has 1 aromatic carbocycles. The third-order valence-corrected chi connectivity index (χ3v) is 5.19. The van der Waals surface area contributed by atoms with Crippen LogP contribution in [0.3, 0.4) is 0 Å². The van der Waals surface area contributed by atoms with E-state index in [2.05, 4.69) is 37.4 Å². The Morgan fingerprint density at radius 3 is 2.65 bits per heavy atom. The highest BCUT2D eigenvalue weighted by Crippen LogP contribution is 2.37. The Hall–Kier alpha value is -0.820. The molecule has 1 heteroatoms. The standard InChI is InChI=1S/C19H29N/c1-14(2)12-20-13-19-9-8-18(19)11-15-6-7-16-4-3-5-17(16)10-15/h6-7,10,14,18-20H,3-5,8-9,11-13H2,1-2H3. The second kappa shape index (κ2) is 6.30. The molecule has 0 heterocycles. The summed E-state index contributed by atoms with van der Waals surface area (Å²) in [5, 5.41) is 3.64. The Balaban J connectivity index is 1.50. The van der Waals surface area contributed by atoms with E-state index in [1.165, 1.54) is 51.6 Å². The highest BCUT2D eigenvalue weighted by Gasteiger charge is 2.30. The minimum Gasteiger partial charge on any atom is -0.316 e. The Morgan fingerprint density at radius 2 is 1.90 bits per heavy atom. The van der Waals surface area contributed by atoms with Gasteiger partial charge < -0.3 is 5.32 Å². The minimum absolute atomic E-state index is 0.769. The lowest BCUT2D eigenvalue weighted by Gasteiger charge is -2.37. The van der Waals surface area contributed by atoms with Crippen LogP contribution in [-0.2, 0) is 19.3 Å². The predicted octanol–water partition coefficient (Wildman–Crippen LogP) is 3.99. The van der Waals surface area contributed by atoms with E-state index in [0.717, 1.165) is 17.8 Å². The lowest BCUT2D eigenvalue weighted by molar-refractivity contribution is 0.169.